The van der Waals surface area contributed by atoms with Gasteiger partial charge in [0, 0.05) is 10.4 Å². The Morgan fingerprint density at radius 3 is 2.67 bits per heavy atom. The molecule has 1 atom stereocenters. The molecule has 15 heavy (non-hydrogen) atoms. The monoisotopic (exact) mass is 267 g/mol. The van der Waals surface area contributed by atoms with E-state index in [-0.39, 0.29) is 0 Å². The van der Waals surface area contributed by atoms with E-state index in [1.807, 2.05) is 18.2 Å². The van der Waals surface area contributed by atoms with Gasteiger partial charge in [-0.3, -0.25) is 0 Å². The molecule has 1 aromatic heterocycles. The number of hydrogen-bond acceptors (Lipinski definition) is 2. The number of aromatic nitrogens is 1. The van der Waals surface area contributed by atoms with Crippen LogP contribution in [0.4, 0.5) is 0 Å². The summed E-state index contributed by atoms with van der Waals surface area (Å²) in [6.07, 6.45) is 0. The normalized spacial score (nSPS) is 13.7. The Hall–Kier alpha value is -0.830. The van der Waals surface area contributed by atoms with Gasteiger partial charge in [-0.15, -0.1) is 0 Å². The van der Waals surface area contributed by atoms with Crippen LogP contribution in [0.1, 0.15) is 32.6 Å². The van der Waals surface area contributed by atoms with Crippen molar-refractivity contribution >= 4 is 27.0 Å². The molecule has 0 bridgehead atoms. The van der Waals surface area contributed by atoms with E-state index < -0.39 is 0 Å². The summed E-state index contributed by atoms with van der Waals surface area (Å²) in [5.74, 6) is 1.73. The molecule has 0 spiro atoms. The first-order chi connectivity index (χ1) is 7.08. The highest BCUT2D eigenvalue weighted by molar-refractivity contribution is 9.10. The summed E-state index contributed by atoms with van der Waals surface area (Å²) in [7, 11) is 0. The molecule has 0 N–H and O–H groups in total. The Balaban J connectivity index is 2.47. The zero-order valence-corrected chi connectivity index (χ0v) is 10.7. The second-order valence-electron chi connectivity index (χ2n) is 4.20. The number of fused-ring (bicyclic) bond motifs is 1. The lowest BCUT2D eigenvalue weighted by Gasteiger charge is -2.09. The van der Waals surface area contributed by atoms with Gasteiger partial charge in [0.25, 0.3) is 0 Å². The van der Waals surface area contributed by atoms with Crippen LogP contribution in [-0.2, 0) is 0 Å². The van der Waals surface area contributed by atoms with E-state index >= 15 is 0 Å². The van der Waals surface area contributed by atoms with Crippen molar-refractivity contribution in [1.29, 1.82) is 0 Å². The third-order valence-electron chi connectivity index (χ3n) is 2.76. The van der Waals surface area contributed by atoms with Crippen molar-refractivity contribution < 1.29 is 4.42 Å². The van der Waals surface area contributed by atoms with Gasteiger partial charge in [-0.05, 0) is 24.1 Å². The minimum atomic E-state index is 0.358. The number of oxazole rings is 1. The Kier molecular flexibility index (Phi) is 2.83. The average molecular weight is 268 g/mol. The SMILES string of the molecule is CC(C)C(C)c1nc2ccc(Br)cc2o1. The quantitative estimate of drug-likeness (QED) is 0.809. The molecule has 0 aliphatic carbocycles. The van der Waals surface area contributed by atoms with Crippen molar-refractivity contribution in [2.75, 3.05) is 0 Å². The van der Waals surface area contributed by atoms with Gasteiger partial charge >= 0.3 is 0 Å². The molecule has 0 saturated heterocycles. The summed E-state index contributed by atoms with van der Waals surface area (Å²) in [4.78, 5) is 4.49. The molecular weight excluding hydrogens is 254 g/mol. The maximum Gasteiger partial charge on any atom is 0.198 e. The lowest BCUT2D eigenvalue weighted by atomic mass is 9.98. The first-order valence-electron chi connectivity index (χ1n) is 5.14. The number of nitrogens with zero attached hydrogens (tertiary/aromatic N) is 1. The van der Waals surface area contributed by atoms with E-state index in [0.717, 1.165) is 21.5 Å². The average Bonchev–Trinajstić information content (AvgIpc) is 2.58. The van der Waals surface area contributed by atoms with Gasteiger partial charge in [0.15, 0.2) is 11.5 Å². The molecule has 2 aromatic rings. The smallest absolute Gasteiger partial charge is 0.198 e. The zero-order chi connectivity index (χ0) is 11.0. The van der Waals surface area contributed by atoms with Crippen molar-refractivity contribution in [3.8, 4) is 0 Å². The predicted octanol–water partition coefficient (Wildman–Crippen LogP) is 4.35. The second kappa shape index (κ2) is 3.97. The second-order valence-corrected chi connectivity index (χ2v) is 5.11. The van der Waals surface area contributed by atoms with Gasteiger partial charge in [0.2, 0.25) is 0 Å². The maximum absolute atomic E-state index is 5.73. The standard InChI is InChI=1S/C12H14BrNO/c1-7(2)8(3)12-14-10-5-4-9(13)6-11(10)15-12/h4-8H,1-3H3. The lowest BCUT2D eigenvalue weighted by Crippen LogP contribution is -2.01. The first-order valence-corrected chi connectivity index (χ1v) is 5.93. The van der Waals surface area contributed by atoms with Gasteiger partial charge in [-0.1, -0.05) is 36.7 Å². The third-order valence-corrected chi connectivity index (χ3v) is 3.25. The van der Waals surface area contributed by atoms with Crippen LogP contribution >= 0.6 is 15.9 Å². The molecule has 0 saturated carbocycles. The molecule has 0 aliphatic heterocycles. The van der Waals surface area contributed by atoms with Gasteiger partial charge < -0.3 is 4.42 Å². The van der Waals surface area contributed by atoms with Crippen LogP contribution in [0.25, 0.3) is 11.1 Å². The van der Waals surface area contributed by atoms with Gasteiger partial charge in [0.05, 0.1) is 0 Å². The van der Waals surface area contributed by atoms with Crippen LogP contribution < -0.4 is 0 Å². The molecule has 2 nitrogen and oxygen atoms in total. The molecule has 0 fully saturated rings. The van der Waals surface area contributed by atoms with Crippen LogP contribution in [0.3, 0.4) is 0 Å². The van der Waals surface area contributed by atoms with E-state index in [0.29, 0.717) is 11.8 Å². The predicted molar refractivity (Wildman–Crippen MR) is 65.0 cm³/mol. The van der Waals surface area contributed by atoms with E-state index in [2.05, 4.69) is 41.7 Å². The molecule has 0 amide bonds. The van der Waals surface area contributed by atoms with Gasteiger partial charge in [-0.2, -0.15) is 0 Å². The summed E-state index contributed by atoms with van der Waals surface area (Å²) < 4.78 is 6.75. The van der Waals surface area contributed by atoms with Crippen molar-refractivity contribution in [3.63, 3.8) is 0 Å². The molecule has 0 radical (unpaired) electrons. The molecule has 3 heteroatoms. The maximum atomic E-state index is 5.73. The van der Waals surface area contributed by atoms with Gasteiger partial charge in [0.1, 0.15) is 5.52 Å². The van der Waals surface area contributed by atoms with E-state index in [1.54, 1.807) is 0 Å². The number of rotatable bonds is 2. The summed E-state index contributed by atoms with van der Waals surface area (Å²) in [5.41, 5.74) is 1.78. The van der Waals surface area contributed by atoms with Crippen LogP contribution in [-0.4, -0.2) is 4.98 Å². The van der Waals surface area contributed by atoms with Gasteiger partial charge in [-0.25, -0.2) is 4.98 Å². The Morgan fingerprint density at radius 1 is 1.27 bits per heavy atom. The Bertz CT molecular complexity index is 475. The van der Waals surface area contributed by atoms with Crippen molar-refractivity contribution in [1.82, 2.24) is 4.98 Å². The Morgan fingerprint density at radius 2 is 2.00 bits per heavy atom. The fourth-order valence-electron chi connectivity index (χ4n) is 1.40. The van der Waals surface area contributed by atoms with Crippen molar-refractivity contribution in [2.24, 2.45) is 5.92 Å². The van der Waals surface area contributed by atoms with E-state index in [1.165, 1.54) is 0 Å². The fourth-order valence-corrected chi connectivity index (χ4v) is 1.74. The summed E-state index contributed by atoms with van der Waals surface area (Å²) >= 11 is 3.42. The topological polar surface area (TPSA) is 26.0 Å². The third kappa shape index (κ3) is 2.07. The molecule has 1 unspecified atom stereocenters. The molecule has 80 valence electrons. The minimum absolute atomic E-state index is 0.358. The van der Waals surface area contributed by atoms with Crippen LogP contribution in [0, 0.1) is 5.92 Å². The highest BCUT2D eigenvalue weighted by Gasteiger charge is 2.16. The summed E-state index contributed by atoms with van der Waals surface area (Å²) in [6.45, 7) is 6.50. The van der Waals surface area contributed by atoms with E-state index in [4.69, 9.17) is 4.42 Å². The first kappa shape index (κ1) is 10.7. The summed E-state index contributed by atoms with van der Waals surface area (Å²) in [6, 6.07) is 5.91. The summed E-state index contributed by atoms with van der Waals surface area (Å²) in [5, 5.41) is 0. The van der Waals surface area contributed by atoms with E-state index in [9.17, 15) is 0 Å². The molecular formula is C12H14BrNO. The molecule has 2 rings (SSSR count). The van der Waals surface area contributed by atoms with Crippen LogP contribution in [0.2, 0.25) is 0 Å². The van der Waals surface area contributed by atoms with Crippen molar-refractivity contribution in [3.05, 3.63) is 28.6 Å². The lowest BCUT2D eigenvalue weighted by molar-refractivity contribution is 0.416. The Labute approximate surface area is 97.8 Å². The number of benzene rings is 1. The molecule has 0 aliphatic rings. The fraction of sp³-hybridized carbons (Fsp3) is 0.417. The minimum Gasteiger partial charge on any atom is -0.440 e. The van der Waals surface area contributed by atoms with Crippen LogP contribution in [0.15, 0.2) is 27.1 Å². The molecule has 1 aromatic carbocycles. The van der Waals surface area contributed by atoms with Crippen LogP contribution in [0.5, 0.6) is 0 Å². The highest BCUT2D eigenvalue weighted by Crippen LogP contribution is 2.27. The number of halogens is 1. The molecule has 1 heterocycles. The van der Waals surface area contributed by atoms with Crippen molar-refractivity contribution in [2.45, 2.75) is 26.7 Å². The zero-order valence-electron chi connectivity index (χ0n) is 9.12. The highest BCUT2D eigenvalue weighted by atomic mass is 79.9. The number of hydrogen-bond donors (Lipinski definition) is 0. The largest absolute Gasteiger partial charge is 0.440 e.